The number of aromatic nitrogens is 2. The molecule has 0 saturated carbocycles. The van der Waals surface area contributed by atoms with E-state index < -0.39 is 0 Å². The van der Waals surface area contributed by atoms with E-state index in [0.717, 1.165) is 5.52 Å². The van der Waals surface area contributed by atoms with Gasteiger partial charge in [-0.25, -0.2) is 4.57 Å². The molecule has 0 atom stereocenters. The molecule has 1 heterocycles. The minimum Gasteiger partial charge on any atom is -0.232 e. The lowest BCUT2D eigenvalue weighted by Gasteiger charge is -2.11. The zero-order valence-corrected chi connectivity index (χ0v) is 16.1. The maximum Gasteiger partial charge on any atom is 0.287 e. The Kier molecular flexibility index (Phi) is 3.91. The molecule has 5 aromatic rings. The molecule has 2 heteroatoms. The molecule has 0 amide bonds. The first-order valence-corrected chi connectivity index (χ1v) is 9.55. The van der Waals surface area contributed by atoms with Crippen LogP contribution >= 0.6 is 0 Å². The van der Waals surface area contributed by atoms with Crippen molar-refractivity contribution < 1.29 is 4.57 Å². The van der Waals surface area contributed by atoms with E-state index in [0.29, 0.717) is 0 Å². The maximum atomic E-state index is 4.75. The topological polar surface area (TPSA) is 16.8 Å². The standard InChI is InChI=1S/C26H21N2/c1-18-16-21(19-8-4-3-5-9-19)13-14-22(18)26-24-15-12-20-10-6-7-11-23(20)25(24)27-17-28(26)2/h3-17H,1-2H3/q+1. The van der Waals surface area contributed by atoms with Gasteiger partial charge in [-0.3, -0.25) is 0 Å². The molecule has 0 fully saturated rings. The van der Waals surface area contributed by atoms with Gasteiger partial charge in [0.05, 0.1) is 12.4 Å². The van der Waals surface area contributed by atoms with E-state index in [1.807, 2.05) is 6.33 Å². The molecule has 5 rings (SSSR count). The summed E-state index contributed by atoms with van der Waals surface area (Å²) in [5.41, 5.74) is 7.24. The van der Waals surface area contributed by atoms with Crippen LogP contribution in [0.1, 0.15) is 5.56 Å². The van der Waals surface area contributed by atoms with Gasteiger partial charge in [-0.2, -0.15) is 0 Å². The summed E-state index contributed by atoms with van der Waals surface area (Å²) in [5.74, 6) is 0. The number of fused-ring (bicyclic) bond motifs is 3. The molecule has 1 aromatic heterocycles. The summed E-state index contributed by atoms with van der Waals surface area (Å²) >= 11 is 0. The zero-order valence-electron chi connectivity index (χ0n) is 16.1. The minimum absolute atomic E-state index is 1.05. The predicted octanol–water partition coefficient (Wildman–Crippen LogP) is 5.85. The third-order valence-corrected chi connectivity index (χ3v) is 5.46. The molecular formula is C26H21N2+. The van der Waals surface area contributed by atoms with Crippen molar-refractivity contribution in [1.82, 2.24) is 4.98 Å². The Morgan fingerprint density at radius 2 is 1.50 bits per heavy atom. The van der Waals surface area contributed by atoms with Gasteiger partial charge < -0.3 is 0 Å². The third-order valence-electron chi connectivity index (χ3n) is 5.46. The SMILES string of the molecule is Cc1cc(-c2ccccc2)ccc1-c1c2ccc3ccccc3c2nc[n+]1C. The van der Waals surface area contributed by atoms with Gasteiger partial charge in [0.25, 0.3) is 6.33 Å². The van der Waals surface area contributed by atoms with Gasteiger partial charge in [-0.1, -0.05) is 66.7 Å². The fraction of sp³-hybridized carbons (Fsp3) is 0.0769. The molecule has 0 aliphatic carbocycles. The number of nitrogens with zero attached hydrogens (tertiary/aromatic N) is 2. The van der Waals surface area contributed by atoms with Crippen LogP contribution in [0.25, 0.3) is 44.1 Å². The molecule has 0 aliphatic heterocycles. The van der Waals surface area contributed by atoms with Gasteiger partial charge in [0.1, 0.15) is 5.69 Å². The molecule has 4 aromatic carbocycles. The highest BCUT2D eigenvalue weighted by Gasteiger charge is 2.18. The number of hydrogen-bond acceptors (Lipinski definition) is 1. The van der Waals surface area contributed by atoms with Crippen molar-refractivity contribution in [2.24, 2.45) is 7.05 Å². The van der Waals surface area contributed by atoms with E-state index >= 15 is 0 Å². The molecule has 2 nitrogen and oxygen atoms in total. The van der Waals surface area contributed by atoms with E-state index in [4.69, 9.17) is 4.98 Å². The van der Waals surface area contributed by atoms with Gasteiger partial charge in [0, 0.05) is 10.9 Å². The van der Waals surface area contributed by atoms with Crippen LogP contribution in [0.4, 0.5) is 0 Å². The number of benzene rings is 4. The van der Waals surface area contributed by atoms with Crippen LogP contribution in [0, 0.1) is 6.92 Å². The molecule has 0 radical (unpaired) electrons. The number of aryl methyl sites for hydroxylation is 2. The Labute approximate surface area is 164 Å². The van der Waals surface area contributed by atoms with Gasteiger partial charge in [0.2, 0.25) is 0 Å². The van der Waals surface area contributed by atoms with Crippen molar-refractivity contribution >= 4 is 21.7 Å². The van der Waals surface area contributed by atoms with Crippen LogP contribution in [0.15, 0.2) is 91.3 Å². The smallest absolute Gasteiger partial charge is 0.232 e. The Bertz CT molecular complexity index is 1320. The van der Waals surface area contributed by atoms with Crippen LogP contribution in [0.5, 0.6) is 0 Å². The maximum absolute atomic E-state index is 4.75. The Morgan fingerprint density at radius 1 is 0.714 bits per heavy atom. The summed E-state index contributed by atoms with van der Waals surface area (Å²) in [5, 5.41) is 3.60. The van der Waals surface area contributed by atoms with Crippen molar-refractivity contribution in [3.8, 4) is 22.4 Å². The molecule has 0 saturated heterocycles. The van der Waals surface area contributed by atoms with Gasteiger partial charge in [0.15, 0.2) is 5.52 Å². The monoisotopic (exact) mass is 361 g/mol. The normalized spacial score (nSPS) is 11.2. The minimum atomic E-state index is 1.05. The van der Waals surface area contributed by atoms with Gasteiger partial charge in [-0.15, -0.1) is 0 Å². The number of hydrogen-bond donors (Lipinski definition) is 0. The van der Waals surface area contributed by atoms with Crippen molar-refractivity contribution in [3.05, 3.63) is 96.8 Å². The van der Waals surface area contributed by atoms with Crippen molar-refractivity contribution in [2.75, 3.05) is 0 Å². The highest BCUT2D eigenvalue weighted by atomic mass is 15.0. The van der Waals surface area contributed by atoms with Crippen molar-refractivity contribution in [3.63, 3.8) is 0 Å². The Balaban J connectivity index is 1.75. The molecule has 0 aliphatic rings. The van der Waals surface area contributed by atoms with E-state index in [2.05, 4.69) is 103 Å². The van der Waals surface area contributed by atoms with Crippen LogP contribution in [0.2, 0.25) is 0 Å². The predicted molar refractivity (Wildman–Crippen MR) is 116 cm³/mol. The van der Waals surface area contributed by atoms with Crippen LogP contribution in [-0.4, -0.2) is 4.98 Å². The highest BCUT2D eigenvalue weighted by Crippen LogP contribution is 2.32. The van der Waals surface area contributed by atoms with Crippen LogP contribution in [-0.2, 0) is 7.05 Å². The van der Waals surface area contributed by atoms with Gasteiger partial charge in [-0.05, 0) is 52.2 Å². The first-order chi connectivity index (χ1) is 13.7. The summed E-state index contributed by atoms with van der Waals surface area (Å²) < 4.78 is 2.13. The molecular weight excluding hydrogens is 340 g/mol. The van der Waals surface area contributed by atoms with E-state index in [-0.39, 0.29) is 0 Å². The Morgan fingerprint density at radius 3 is 2.32 bits per heavy atom. The molecule has 134 valence electrons. The Hall–Kier alpha value is -3.52. The zero-order chi connectivity index (χ0) is 19.1. The lowest BCUT2D eigenvalue weighted by Crippen LogP contribution is -2.31. The average molecular weight is 361 g/mol. The second-order valence-corrected chi connectivity index (χ2v) is 7.28. The van der Waals surface area contributed by atoms with E-state index in [9.17, 15) is 0 Å². The first-order valence-electron chi connectivity index (χ1n) is 9.55. The van der Waals surface area contributed by atoms with Crippen molar-refractivity contribution in [2.45, 2.75) is 6.92 Å². The third kappa shape index (κ3) is 2.66. The second-order valence-electron chi connectivity index (χ2n) is 7.28. The first kappa shape index (κ1) is 16.6. The summed E-state index contributed by atoms with van der Waals surface area (Å²) in [6.07, 6.45) is 1.93. The summed E-state index contributed by atoms with van der Waals surface area (Å²) in [4.78, 5) is 4.75. The lowest BCUT2D eigenvalue weighted by molar-refractivity contribution is -0.662. The molecule has 0 N–H and O–H groups in total. The second kappa shape index (κ2) is 6.58. The van der Waals surface area contributed by atoms with Crippen molar-refractivity contribution in [1.29, 1.82) is 0 Å². The molecule has 28 heavy (non-hydrogen) atoms. The van der Waals surface area contributed by atoms with Crippen LogP contribution in [0.3, 0.4) is 0 Å². The summed E-state index contributed by atoms with van der Waals surface area (Å²) in [7, 11) is 2.07. The van der Waals surface area contributed by atoms with E-state index in [1.54, 1.807) is 0 Å². The van der Waals surface area contributed by atoms with E-state index in [1.165, 1.54) is 44.1 Å². The highest BCUT2D eigenvalue weighted by molar-refractivity contribution is 6.08. The average Bonchev–Trinajstić information content (AvgIpc) is 2.74. The fourth-order valence-corrected chi connectivity index (χ4v) is 4.05. The molecule has 0 bridgehead atoms. The van der Waals surface area contributed by atoms with Crippen LogP contribution < -0.4 is 4.57 Å². The lowest BCUT2D eigenvalue weighted by atomic mass is 9.95. The number of rotatable bonds is 2. The fourth-order valence-electron chi connectivity index (χ4n) is 4.05. The van der Waals surface area contributed by atoms with Gasteiger partial charge >= 0.3 is 0 Å². The summed E-state index contributed by atoms with van der Waals surface area (Å²) in [6.45, 7) is 2.19. The molecule has 0 spiro atoms. The largest absolute Gasteiger partial charge is 0.287 e. The quantitative estimate of drug-likeness (QED) is 0.284. The molecule has 0 unspecified atom stereocenters. The summed E-state index contributed by atoms with van der Waals surface area (Å²) in [6, 6.07) is 30.1.